The fourth-order valence-electron chi connectivity index (χ4n) is 0.459. The van der Waals surface area contributed by atoms with Crippen LogP contribution >= 0.6 is 0 Å². The Morgan fingerprint density at radius 1 is 1.56 bits per heavy atom. The number of hydrogen-bond acceptors (Lipinski definition) is 3. The highest BCUT2D eigenvalue weighted by atomic mass is 16.5. The van der Waals surface area contributed by atoms with E-state index in [0.29, 0.717) is 0 Å². The molecule has 2 amide bonds. The van der Waals surface area contributed by atoms with Crippen molar-refractivity contribution >= 4 is 12.0 Å². The van der Waals surface area contributed by atoms with Gasteiger partial charge in [-0.1, -0.05) is 0 Å². The molecule has 1 N–H and O–H groups in total. The van der Waals surface area contributed by atoms with E-state index in [1.54, 1.807) is 0 Å². The molecule has 1 aliphatic rings. The van der Waals surface area contributed by atoms with Crippen LogP contribution in [0.25, 0.3) is 0 Å². The molecule has 0 aromatic heterocycles. The van der Waals surface area contributed by atoms with E-state index in [0.717, 1.165) is 0 Å². The molecule has 1 aliphatic heterocycles. The molecule has 0 saturated heterocycles. The van der Waals surface area contributed by atoms with Crippen molar-refractivity contribution in [2.75, 3.05) is 0 Å². The molecule has 0 radical (unpaired) electrons. The summed E-state index contributed by atoms with van der Waals surface area (Å²) in [4.78, 5) is 20.7. The fraction of sp³-hybridized carbons (Fsp3) is 0.200. The summed E-state index contributed by atoms with van der Waals surface area (Å²) in [6.07, 6.45) is 2.15. The topological polar surface area (TPSA) is 55.4 Å². The maximum Gasteiger partial charge on any atom is 0.418 e. The monoisotopic (exact) mass is 127 g/mol. The van der Waals surface area contributed by atoms with Gasteiger partial charge in [-0.05, 0) is 6.08 Å². The summed E-state index contributed by atoms with van der Waals surface area (Å²) in [6, 6.07) is 0. The van der Waals surface area contributed by atoms with Crippen LogP contribution in [0.2, 0.25) is 0 Å². The Balaban J connectivity index is 2.60. The van der Waals surface area contributed by atoms with E-state index in [4.69, 9.17) is 0 Å². The summed E-state index contributed by atoms with van der Waals surface area (Å²) >= 11 is 0. The molecule has 0 spiro atoms. The van der Waals surface area contributed by atoms with Gasteiger partial charge in [-0.3, -0.25) is 10.1 Å². The van der Waals surface area contributed by atoms with Crippen molar-refractivity contribution in [1.82, 2.24) is 5.32 Å². The largest absolute Gasteiger partial charge is 0.418 e. The van der Waals surface area contributed by atoms with Crippen LogP contribution in [0.3, 0.4) is 0 Å². The second-order valence-corrected chi connectivity index (χ2v) is 1.53. The lowest BCUT2D eigenvalue weighted by Crippen LogP contribution is -2.27. The summed E-state index contributed by atoms with van der Waals surface area (Å²) in [5, 5.41) is 1.98. The first-order valence-electron chi connectivity index (χ1n) is 2.44. The number of rotatable bonds is 0. The number of carbonyl (C=O) groups is 2. The van der Waals surface area contributed by atoms with Crippen LogP contribution in [0.5, 0.6) is 0 Å². The smallest absolute Gasteiger partial charge is 0.418 e. The van der Waals surface area contributed by atoms with E-state index in [1.165, 1.54) is 12.3 Å². The number of carbonyl (C=O) groups excluding carboxylic acids is 2. The second kappa shape index (κ2) is 2.30. The predicted molar refractivity (Wildman–Crippen MR) is 28.4 cm³/mol. The van der Waals surface area contributed by atoms with E-state index in [9.17, 15) is 9.59 Å². The average molecular weight is 127 g/mol. The number of hydrogen-bond donors (Lipinski definition) is 1. The summed E-state index contributed by atoms with van der Waals surface area (Å²) in [6.45, 7) is 0. The lowest BCUT2D eigenvalue weighted by Gasteiger charge is -1.93. The summed E-state index contributed by atoms with van der Waals surface area (Å²) in [7, 11) is 0. The van der Waals surface area contributed by atoms with Gasteiger partial charge in [-0.15, -0.1) is 0 Å². The van der Waals surface area contributed by atoms with Crippen molar-refractivity contribution in [3.05, 3.63) is 12.3 Å². The van der Waals surface area contributed by atoms with E-state index in [-0.39, 0.29) is 12.3 Å². The number of ether oxygens (including phenoxy) is 1. The second-order valence-electron chi connectivity index (χ2n) is 1.53. The lowest BCUT2D eigenvalue weighted by molar-refractivity contribution is -0.119. The van der Waals surface area contributed by atoms with Crippen LogP contribution < -0.4 is 5.32 Å². The first-order valence-corrected chi connectivity index (χ1v) is 2.44. The van der Waals surface area contributed by atoms with Crippen molar-refractivity contribution in [3.8, 4) is 0 Å². The standard InChI is InChI=1S/C5H5NO3/c7-4-2-1-3-9-5(8)6-4/h1,3H,2H2,(H,6,7,8). The van der Waals surface area contributed by atoms with Crippen LogP contribution in [0.1, 0.15) is 6.42 Å². The molecule has 4 heteroatoms. The predicted octanol–water partition coefficient (Wildman–Crippen LogP) is 0.157. The van der Waals surface area contributed by atoms with Crippen LogP contribution in [0, 0.1) is 0 Å². The molecule has 4 nitrogen and oxygen atoms in total. The quantitative estimate of drug-likeness (QED) is 0.504. The molecule has 0 aromatic carbocycles. The van der Waals surface area contributed by atoms with Crippen LogP contribution in [0.4, 0.5) is 4.79 Å². The van der Waals surface area contributed by atoms with Gasteiger partial charge < -0.3 is 4.74 Å². The minimum atomic E-state index is -0.714. The van der Waals surface area contributed by atoms with E-state index >= 15 is 0 Å². The zero-order valence-corrected chi connectivity index (χ0v) is 4.59. The Kier molecular flexibility index (Phi) is 1.48. The first-order chi connectivity index (χ1) is 4.29. The molecule has 1 heterocycles. The fourth-order valence-corrected chi connectivity index (χ4v) is 0.459. The Morgan fingerprint density at radius 2 is 2.33 bits per heavy atom. The van der Waals surface area contributed by atoms with Crippen LogP contribution in [-0.4, -0.2) is 12.0 Å². The van der Waals surface area contributed by atoms with Gasteiger partial charge in [0.1, 0.15) is 0 Å². The minimum absolute atomic E-state index is 0.200. The number of cyclic esters (lactones) is 1. The van der Waals surface area contributed by atoms with Gasteiger partial charge in [-0.25, -0.2) is 4.79 Å². The highest BCUT2D eigenvalue weighted by Crippen LogP contribution is 1.91. The Labute approximate surface area is 51.5 Å². The van der Waals surface area contributed by atoms with Gasteiger partial charge in [0.05, 0.1) is 6.26 Å². The van der Waals surface area contributed by atoms with Crippen LogP contribution in [-0.2, 0) is 9.53 Å². The highest BCUT2D eigenvalue weighted by molar-refractivity contribution is 5.93. The van der Waals surface area contributed by atoms with Crippen molar-refractivity contribution in [2.45, 2.75) is 6.42 Å². The van der Waals surface area contributed by atoms with E-state index in [2.05, 4.69) is 4.74 Å². The third kappa shape index (κ3) is 1.56. The normalized spacial score (nSPS) is 18.2. The zero-order chi connectivity index (χ0) is 6.69. The van der Waals surface area contributed by atoms with E-state index in [1.807, 2.05) is 5.32 Å². The van der Waals surface area contributed by atoms with Crippen molar-refractivity contribution < 1.29 is 14.3 Å². The molecule has 9 heavy (non-hydrogen) atoms. The molecule has 0 fully saturated rings. The third-order valence-corrected chi connectivity index (χ3v) is 0.816. The van der Waals surface area contributed by atoms with Crippen LogP contribution in [0.15, 0.2) is 12.3 Å². The van der Waals surface area contributed by atoms with Crippen molar-refractivity contribution in [2.24, 2.45) is 0 Å². The molecule has 48 valence electrons. The zero-order valence-electron chi connectivity index (χ0n) is 4.59. The van der Waals surface area contributed by atoms with Gasteiger partial charge >= 0.3 is 6.09 Å². The number of amides is 2. The molecule has 0 aliphatic carbocycles. The molecular weight excluding hydrogens is 122 g/mol. The van der Waals surface area contributed by atoms with E-state index < -0.39 is 6.09 Å². The lowest BCUT2D eigenvalue weighted by atomic mass is 10.4. The molecule has 0 bridgehead atoms. The summed E-state index contributed by atoms with van der Waals surface area (Å²) in [5.74, 6) is -0.339. The van der Waals surface area contributed by atoms with Gasteiger partial charge in [-0.2, -0.15) is 0 Å². The Bertz CT molecular complexity index is 155. The maximum absolute atomic E-state index is 10.4. The summed E-state index contributed by atoms with van der Waals surface area (Å²) < 4.78 is 4.32. The highest BCUT2D eigenvalue weighted by Gasteiger charge is 2.08. The SMILES string of the molecule is O=C1CC=COC(=O)N1. The van der Waals surface area contributed by atoms with Crippen molar-refractivity contribution in [3.63, 3.8) is 0 Å². The Morgan fingerprint density at radius 3 is 3.11 bits per heavy atom. The maximum atomic E-state index is 10.4. The first kappa shape index (κ1) is 5.81. The number of imide groups is 1. The molecular formula is C5H5NO3. The average Bonchev–Trinajstić information content (AvgIpc) is 1.93. The van der Waals surface area contributed by atoms with Gasteiger partial charge in [0, 0.05) is 6.42 Å². The van der Waals surface area contributed by atoms with Gasteiger partial charge in [0.25, 0.3) is 0 Å². The minimum Gasteiger partial charge on any atom is -0.418 e. The summed E-state index contributed by atoms with van der Waals surface area (Å²) in [5.41, 5.74) is 0. The Hall–Kier alpha value is -1.32. The molecule has 0 unspecified atom stereocenters. The number of nitrogens with one attached hydrogen (secondary N) is 1. The van der Waals surface area contributed by atoms with Gasteiger partial charge in [0.2, 0.25) is 5.91 Å². The molecule has 1 rings (SSSR count). The molecule has 0 saturated carbocycles. The van der Waals surface area contributed by atoms with Crippen molar-refractivity contribution in [1.29, 1.82) is 0 Å². The van der Waals surface area contributed by atoms with Gasteiger partial charge in [0.15, 0.2) is 0 Å². The molecule has 0 aromatic rings. The molecule has 0 atom stereocenters. The number of alkyl carbamates (subject to hydrolysis) is 1. The third-order valence-electron chi connectivity index (χ3n) is 0.816.